The van der Waals surface area contributed by atoms with Crippen molar-refractivity contribution in [3.63, 3.8) is 0 Å². The Balaban J connectivity index is 4.03. The van der Waals surface area contributed by atoms with Crippen LogP contribution in [0.25, 0.3) is 0 Å². The molecule has 0 radical (unpaired) electrons. The maximum absolute atomic E-state index is 9.57. The highest BCUT2D eigenvalue weighted by atomic mass is 16.3. The first-order chi connectivity index (χ1) is 4.41. The molecule has 0 bridgehead atoms. The van der Waals surface area contributed by atoms with Gasteiger partial charge >= 0.3 is 0 Å². The molecule has 0 amide bonds. The first-order valence-corrected chi connectivity index (χ1v) is 3.80. The molecule has 0 aromatic rings. The van der Waals surface area contributed by atoms with Gasteiger partial charge < -0.3 is 10.8 Å². The first kappa shape index (κ1) is 9.92. The van der Waals surface area contributed by atoms with Gasteiger partial charge in [0.2, 0.25) is 0 Å². The molecule has 0 rings (SSSR count). The molecule has 0 saturated carbocycles. The summed E-state index contributed by atoms with van der Waals surface area (Å²) in [5, 5.41) is 9.57. The van der Waals surface area contributed by atoms with E-state index in [1.165, 1.54) is 0 Å². The molecular formula is C8H19NO. The predicted octanol–water partition coefficient (Wildman–Crippen LogP) is 0.988. The zero-order valence-corrected chi connectivity index (χ0v) is 7.39. The number of nitrogens with two attached hydrogens (primary N) is 1. The maximum atomic E-state index is 9.57. The van der Waals surface area contributed by atoms with Gasteiger partial charge in [-0.25, -0.2) is 0 Å². The third-order valence-electron chi connectivity index (χ3n) is 1.96. The Morgan fingerprint density at radius 1 is 1.40 bits per heavy atom. The second-order valence-corrected chi connectivity index (χ2v) is 3.88. The molecule has 0 aliphatic heterocycles. The highest BCUT2D eigenvalue weighted by Crippen LogP contribution is 2.23. The Bertz CT molecular complexity index is 99.4. The van der Waals surface area contributed by atoms with Crippen LogP contribution in [0.1, 0.15) is 27.7 Å². The van der Waals surface area contributed by atoms with Crippen molar-refractivity contribution in [3.8, 4) is 0 Å². The molecule has 0 spiro atoms. The second kappa shape index (κ2) is 3.35. The summed E-state index contributed by atoms with van der Waals surface area (Å²) in [4.78, 5) is 0. The first-order valence-electron chi connectivity index (χ1n) is 3.80. The zero-order chi connectivity index (χ0) is 8.36. The van der Waals surface area contributed by atoms with Crippen LogP contribution in [0.4, 0.5) is 0 Å². The molecule has 2 heteroatoms. The van der Waals surface area contributed by atoms with Crippen molar-refractivity contribution in [2.75, 3.05) is 6.54 Å². The quantitative estimate of drug-likeness (QED) is 0.622. The molecular weight excluding hydrogens is 126 g/mol. The van der Waals surface area contributed by atoms with Crippen LogP contribution in [0.15, 0.2) is 0 Å². The second-order valence-electron chi connectivity index (χ2n) is 3.88. The highest BCUT2D eigenvalue weighted by molar-refractivity contribution is 4.80. The van der Waals surface area contributed by atoms with Gasteiger partial charge in [-0.1, -0.05) is 27.7 Å². The summed E-state index contributed by atoms with van der Waals surface area (Å²) in [6.07, 6.45) is -0.294. The van der Waals surface area contributed by atoms with E-state index in [-0.39, 0.29) is 11.5 Å². The average Bonchev–Trinajstić information content (AvgIpc) is 1.86. The lowest BCUT2D eigenvalue weighted by Crippen LogP contribution is -2.39. The smallest absolute Gasteiger partial charge is 0.0626 e. The van der Waals surface area contributed by atoms with Crippen LogP contribution in [0.3, 0.4) is 0 Å². The van der Waals surface area contributed by atoms with Crippen LogP contribution in [-0.4, -0.2) is 17.8 Å². The van der Waals surface area contributed by atoms with Crippen LogP contribution in [-0.2, 0) is 0 Å². The maximum Gasteiger partial charge on any atom is 0.0626 e. The van der Waals surface area contributed by atoms with E-state index >= 15 is 0 Å². The van der Waals surface area contributed by atoms with Gasteiger partial charge in [-0.15, -0.1) is 0 Å². The normalized spacial score (nSPS) is 15.9. The topological polar surface area (TPSA) is 46.2 Å². The summed E-state index contributed by atoms with van der Waals surface area (Å²) in [5.41, 5.74) is 5.34. The molecule has 0 unspecified atom stereocenters. The Labute approximate surface area is 63.4 Å². The lowest BCUT2D eigenvalue weighted by atomic mass is 9.81. The molecule has 2 nitrogen and oxygen atoms in total. The van der Waals surface area contributed by atoms with Gasteiger partial charge in [0.1, 0.15) is 0 Å². The molecule has 0 aliphatic carbocycles. The van der Waals surface area contributed by atoms with E-state index in [0.29, 0.717) is 12.5 Å². The monoisotopic (exact) mass is 145 g/mol. The van der Waals surface area contributed by atoms with Gasteiger partial charge in [0, 0.05) is 5.41 Å². The van der Waals surface area contributed by atoms with Crippen LogP contribution >= 0.6 is 0 Å². The van der Waals surface area contributed by atoms with Crippen molar-refractivity contribution in [1.29, 1.82) is 0 Å². The number of hydrogen-bond acceptors (Lipinski definition) is 2. The van der Waals surface area contributed by atoms with E-state index in [1.807, 2.05) is 27.7 Å². The summed E-state index contributed by atoms with van der Waals surface area (Å²) in [5.74, 6) is 0.290. The van der Waals surface area contributed by atoms with E-state index < -0.39 is 0 Å². The third kappa shape index (κ3) is 2.27. The van der Waals surface area contributed by atoms with Gasteiger partial charge in [-0.2, -0.15) is 0 Å². The third-order valence-corrected chi connectivity index (χ3v) is 1.96. The van der Waals surface area contributed by atoms with Gasteiger partial charge in [0.25, 0.3) is 0 Å². The van der Waals surface area contributed by atoms with Crippen LogP contribution in [0.5, 0.6) is 0 Å². The molecule has 0 aromatic heterocycles. The summed E-state index contributed by atoms with van der Waals surface area (Å²) in [7, 11) is 0. The summed E-state index contributed by atoms with van der Waals surface area (Å²) in [6, 6.07) is 0. The van der Waals surface area contributed by atoms with E-state index in [2.05, 4.69) is 0 Å². The molecule has 0 fully saturated rings. The van der Waals surface area contributed by atoms with Gasteiger partial charge in [-0.05, 0) is 12.5 Å². The Kier molecular flexibility index (Phi) is 3.33. The molecule has 62 valence electrons. The minimum Gasteiger partial charge on any atom is -0.392 e. The van der Waals surface area contributed by atoms with Crippen molar-refractivity contribution in [2.24, 2.45) is 17.1 Å². The number of aliphatic hydroxyl groups is 1. The molecule has 0 heterocycles. The fraction of sp³-hybridized carbons (Fsp3) is 1.00. The lowest BCUT2D eigenvalue weighted by Gasteiger charge is -2.31. The fourth-order valence-corrected chi connectivity index (χ4v) is 1.02. The predicted molar refractivity (Wildman–Crippen MR) is 43.7 cm³/mol. The van der Waals surface area contributed by atoms with E-state index in [4.69, 9.17) is 5.73 Å². The fourth-order valence-electron chi connectivity index (χ4n) is 1.02. The number of hydrogen-bond donors (Lipinski definition) is 2. The average molecular weight is 145 g/mol. The van der Waals surface area contributed by atoms with E-state index in [1.54, 1.807) is 0 Å². The zero-order valence-electron chi connectivity index (χ0n) is 7.39. The van der Waals surface area contributed by atoms with Gasteiger partial charge in [0.05, 0.1) is 6.10 Å². The van der Waals surface area contributed by atoms with Gasteiger partial charge in [-0.3, -0.25) is 0 Å². The SMILES string of the molecule is CC(C)[C@H](O)C(C)(C)CN. The van der Waals surface area contributed by atoms with E-state index in [0.717, 1.165) is 0 Å². The molecule has 10 heavy (non-hydrogen) atoms. The van der Waals surface area contributed by atoms with Crippen LogP contribution < -0.4 is 5.73 Å². The van der Waals surface area contributed by atoms with Crippen molar-refractivity contribution >= 4 is 0 Å². The lowest BCUT2D eigenvalue weighted by molar-refractivity contribution is 0.0186. The molecule has 3 N–H and O–H groups in total. The Hall–Kier alpha value is -0.0800. The Morgan fingerprint density at radius 3 is 1.90 bits per heavy atom. The van der Waals surface area contributed by atoms with E-state index in [9.17, 15) is 5.11 Å². The molecule has 0 aliphatic rings. The van der Waals surface area contributed by atoms with Crippen molar-refractivity contribution in [2.45, 2.75) is 33.8 Å². The minimum absolute atomic E-state index is 0.145. The minimum atomic E-state index is -0.294. The molecule has 1 atom stereocenters. The van der Waals surface area contributed by atoms with Crippen LogP contribution in [0.2, 0.25) is 0 Å². The summed E-state index contributed by atoms with van der Waals surface area (Å²) < 4.78 is 0. The molecule has 0 saturated heterocycles. The van der Waals surface area contributed by atoms with Crippen molar-refractivity contribution in [3.05, 3.63) is 0 Å². The number of rotatable bonds is 3. The largest absolute Gasteiger partial charge is 0.392 e. The standard InChI is InChI=1S/C8H19NO/c1-6(2)7(10)8(3,4)5-9/h6-7,10H,5,9H2,1-4H3/t7-/m0/s1. The summed E-state index contributed by atoms with van der Waals surface area (Å²) in [6.45, 7) is 8.51. The van der Waals surface area contributed by atoms with Crippen molar-refractivity contribution < 1.29 is 5.11 Å². The highest BCUT2D eigenvalue weighted by Gasteiger charge is 2.28. The Morgan fingerprint density at radius 2 is 1.80 bits per heavy atom. The summed E-state index contributed by atoms with van der Waals surface area (Å²) >= 11 is 0. The molecule has 0 aromatic carbocycles. The van der Waals surface area contributed by atoms with Crippen LogP contribution in [0, 0.1) is 11.3 Å². The number of aliphatic hydroxyl groups excluding tert-OH is 1. The van der Waals surface area contributed by atoms with Crippen molar-refractivity contribution in [1.82, 2.24) is 0 Å². The van der Waals surface area contributed by atoms with Gasteiger partial charge in [0.15, 0.2) is 0 Å².